The molecule has 8 nitrogen and oxygen atoms in total. The van der Waals surface area contributed by atoms with Gasteiger partial charge in [-0.25, -0.2) is 18.2 Å². The van der Waals surface area contributed by atoms with Gasteiger partial charge in [-0.05, 0) is 60.4 Å². The van der Waals surface area contributed by atoms with Crippen LogP contribution in [-0.2, 0) is 21.4 Å². The number of carbonyl (C=O) groups excluding carboxylic acids is 1. The van der Waals surface area contributed by atoms with Gasteiger partial charge in [0, 0.05) is 24.7 Å². The molecular weight excluding hydrogens is 523 g/mol. The zero-order valence-corrected chi connectivity index (χ0v) is 20.7. The molecule has 38 heavy (non-hydrogen) atoms. The van der Waals surface area contributed by atoms with E-state index in [1.807, 2.05) is 0 Å². The first kappa shape index (κ1) is 25.7. The van der Waals surface area contributed by atoms with E-state index in [2.05, 4.69) is 9.82 Å². The summed E-state index contributed by atoms with van der Waals surface area (Å²) < 4.78 is 72.7. The number of sulfonamides is 1. The summed E-state index contributed by atoms with van der Waals surface area (Å²) in [6.45, 7) is 0.748. The van der Waals surface area contributed by atoms with Gasteiger partial charge in [0.15, 0.2) is 5.65 Å². The SMILES string of the molecule is O=C(On1c(COc2ccccc2)cc2c(-c3ccc(S(=O)(=O)N4CCCC4)cc3)ccnc21)C(F)(F)F. The molecule has 2 aromatic carbocycles. The molecule has 3 heterocycles. The lowest BCUT2D eigenvalue weighted by Gasteiger charge is -2.15. The van der Waals surface area contributed by atoms with Crippen molar-refractivity contribution in [1.82, 2.24) is 14.0 Å². The van der Waals surface area contributed by atoms with E-state index < -0.39 is 22.2 Å². The van der Waals surface area contributed by atoms with E-state index in [1.165, 1.54) is 28.7 Å². The number of halogens is 3. The predicted molar refractivity (Wildman–Crippen MR) is 132 cm³/mol. The molecule has 198 valence electrons. The number of para-hydroxylation sites is 1. The molecule has 0 amide bonds. The minimum absolute atomic E-state index is 0.0273. The third-order valence-electron chi connectivity index (χ3n) is 6.14. The van der Waals surface area contributed by atoms with E-state index in [0.717, 1.165) is 12.8 Å². The summed E-state index contributed by atoms with van der Waals surface area (Å²) in [7, 11) is -3.61. The Labute approximate surface area is 216 Å². The van der Waals surface area contributed by atoms with E-state index in [-0.39, 0.29) is 22.8 Å². The number of hydrogen-bond donors (Lipinski definition) is 0. The molecule has 0 spiro atoms. The molecule has 0 N–H and O–H groups in total. The van der Waals surface area contributed by atoms with E-state index >= 15 is 0 Å². The Hall–Kier alpha value is -3.90. The van der Waals surface area contributed by atoms with E-state index in [4.69, 9.17) is 4.74 Å². The van der Waals surface area contributed by atoms with Crippen molar-refractivity contribution in [3.63, 3.8) is 0 Å². The van der Waals surface area contributed by atoms with Crippen molar-refractivity contribution in [2.75, 3.05) is 13.1 Å². The maximum Gasteiger partial charge on any atom is 0.493 e. The van der Waals surface area contributed by atoms with Crippen LogP contribution >= 0.6 is 0 Å². The average molecular weight is 546 g/mol. The Bertz CT molecular complexity index is 1560. The molecule has 1 aliphatic heterocycles. The lowest BCUT2D eigenvalue weighted by Crippen LogP contribution is -2.34. The Kier molecular flexibility index (Phi) is 6.84. The van der Waals surface area contributed by atoms with Crippen LogP contribution in [0.4, 0.5) is 13.2 Å². The second kappa shape index (κ2) is 10.1. The van der Waals surface area contributed by atoms with Crippen LogP contribution in [-0.4, -0.2) is 47.7 Å². The molecule has 0 aliphatic carbocycles. The highest BCUT2D eigenvalue weighted by Gasteiger charge is 2.42. The molecule has 12 heteroatoms. The number of rotatable bonds is 7. The van der Waals surface area contributed by atoms with Gasteiger partial charge in [0.05, 0.1) is 10.6 Å². The van der Waals surface area contributed by atoms with Crippen LogP contribution in [0.5, 0.6) is 5.75 Å². The van der Waals surface area contributed by atoms with Crippen LogP contribution in [0, 0.1) is 0 Å². The minimum atomic E-state index is -5.22. The fraction of sp³-hybridized carbons (Fsp3) is 0.231. The van der Waals surface area contributed by atoms with Crippen LogP contribution in [0.15, 0.2) is 77.8 Å². The molecule has 1 aliphatic rings. The summed E-state index contributed by atoms with van der Waals surface area (Å²) in [5.74, 6) is -1.94. The van der Waals surface area contributed by atoms with Crippen molar-refractivity contribution in [2.45, 2.75) is 30.5 Å². The van der Waals surface area contributed by atoms with Crippen molar-refractivity contribution in [3.8, 4) is 16.9 Å². The van der Waals surface area contributed by atoms with Gasteiger partial charge in [0.25, 0.3) is 0 Å². The topological polar surface area (TPSA) is 90.7 Å². The van der Waals surface area contributed by atoms with Gasteiger partial charge < -0.3 is 9.57 Å². The number of fused-ring (bicyclic) bond motifs is 1. The van der Waals surface area contributed by atoms with Crippen molar-refractivity contribution >= 4 is 27.0 Å². The van der Waals surface area contributed by atoms with Gasteiger partial charge in [-0.3, -0.25) is 0 Å². The molecule has 0 radical (unpaired) electrons. The number of aromatic nitrogens is 2. The zero-order valence-electron chi connectivity index (χ0n) is 19.9. The third-order valence-corrected chi connectivity index (χ3v) is 8.05. The Morgan fingerprint density at radius 3 is 2.32 bits per heavy atom. The monoisotopic (exact) mass is 545 g/mol. The minimum Gasteiger partial charge on any atom is -0.487 e. The number of nitrogens with zero attached hydrogens (tertiary/aromatic N) is 3. The van der Waals surface area contributed by atoms with Crippen LogP contribution < -0.4 is 9.57 Å². The van der Waals surface area contributed by atoms with Gasteiger partial charge in [-0.15, -0.1) is 0 Å². The Balaban J connectivity index is 1.53. The zero-order chi connectivity index (χ0) is 26.9. The summed E-state index contributed by atoms with van der Waals surface area (Å²) in [6.07, 6.45) is -2.22. The van der Waals surface area contributed by atoms with Gasteiger partial charge in [0.1, 0.15) is 12.4 Å². The van der Waals surface area contributed by atoms with Gasteiger partial charge in [0.2, 0.25) is 10.0 Å². The summed E-state index contributed by atoms with van der Waals surface area (Å²) in [6, 6.07) is 18.0. The van der Waals surface area contributed by atoms with Gasteiger partial charge in [-0.2, -0.15) is 22.2 Å². The highest BCUT2D eigenvalue weighted by molar-refractivity contribution is 7.89. The Morgan fingerprint density at radius 2 is 1.66 bits per heavy atom. The van der Waals surface area contributed by atoms with Crippen molar-refractivity contribution in [2.24, 2.45) is 0 Å². The van der Waals surface area contributed by atoms with Crippen LogP contribution in [0.25, 0.3) is 22.2 Å². The first-order valence-electron chi connectivity index (χ1n) is 11.7. The quantitative estimate of drug-likeness (QED) is 0.338. The van der Waals surface area contributed by atoms with Gasteiger partial charge >= 0.3 is 12.1 Å². The molecule has 1 saturated heterocycles. The lowest BCUT2D eigenvalue weighted by molar-refractivity contribution is -0.199. The normalized spacial score (nSPS) is 14.6. The van der Waals surface area contributed by atoms with Crippen molar-refractivity contribution < 1.29 is 36.0 Å². The number of alkyl halides is 3. The highest BCUT2D eigenvalue weighted by atomic mass is 32.2. The number of benzene rings is 2. The first-order valence-corrected chi connectivity index (χ1v) is 13.2. The third kappa shape index (κ3) is 5.09. The van der Waals surface area contributed by atoms with E-state index in [9.17, 15) is 26.4 Å². The molecule has 0 atom stereocenters. The molecule has 5 rings (SSSR count). The number of pyridine rings is 1. The average Bonchev–Trinajstić information content (AvgIpc) is 3.57. The molecule has 0 saturated carbocycles. The number of ether oxygens (including phenoxy) is 1. The van der Waals surface area contributed by atoms with Crippen molar-refractivity contribution in [1.29, 1.82) is 0 Å². The largest absolute Gasteiger partial charge is 0.493 e. The number of carbonyl (C=O) groups is 1. The molecule has 0 bridgehead atoms. The molecule has 4 aromatic rings. The molecule has 1 fully saturated rings. The maximum absolute atomic E-state index is 13.0. The summed E-state index contributed by atoms with van der Waals surface area (Å²) >= 11 is 0. The molecular formula is C26H22F3N3O5S. The summed E-state index contributed by atoms with van der Waals surface area (Å²) in [5.41, 5.74) is 1.26. The highest BCUT2D eigenvalue weighted by Crippen LogP contribution is 2.32. The van der Waals surface area contributed by atoms with E-state index in [0.29, 0.717) is 40.1 Å². The summed E-state index contributed by atoms with van der Waals surface area (Å²) in [5, 5.41) is 0.393. The maximum atomic E-state index is 13.0. The van der Waals surface area contributed by atoms with Crippen LogP contribution in [0.3, 0.4) is 0 Å². The second-order valence-electron chi connectivity index (χ2n) is 8.64. The van der Waals surface area contributed by atoms with Gasteiger partial charge in [-0.1, -0.05) is 30.3 Å². The van der Waals surface area contributed by atoms with Crippen molar-refractivity contribution in [3.05, 3.63) is 78.6 Å². The van der Waals surface area contributed by atoms with Crippen LogP contribution in [0.2, 0.25) is 0 Å². The molecule has 0 unspecified atom stereocenters. The molecule has 2 aromatic heterocycles. The number of hydrogen-bond acceptors (Lipinski definition) is 6. The van der Waals surface area contributed by atoms with Crippen LogP contribution in [0.1, 0.15) is 18.5 Å². The Morgan fingerprint density at radius 1 is 0.974 bits per heavy atom. The standard InChI is InChI=1S/C26H22F3N3O5S/c27-26(28,29)25(33)37-32-19(17-36-20-6-2-1-3-7-20)16-23-22(12-13-30-24(23)32)18-8-10-21(11-9-18)38(34,35)31-14-4-5-15-31/h1-3,6-13,16H,4-5,14-15,17H2. The summed E-state index contributed by atoms with van der Waals surface area (Å²) in [4.78, 5) is 20.7. The van der Waals surface area contributed by atoms with E-state index in [1.54, 1.807) is 48.5 Å². The predicted octanol–water partition coefficient (Wildman–Crippen LogP) is 4.58. The second-order valence-corrected chi connectivity index (χ2v) is 10.6. The fourth-order valence-electron chi connectivity index (χ4n) is 4.27. The first-order chi connectivity index (χ1) is 18.1. The lowest BCUT2D eigenvalue weighted by atomic mass is 10.0. The fourth-order valence-corrected chi connectivity index (χ4v) is 5.79. The smallest absolute Gasteiger partial charge is 0.487 e.